The minimum Gasteiger partial charge on any atom is -0.382 e. The lowest BCUT2D eigenvalue weighted by atomic mass is 9.89. The number of ether oxygens (including phenoxy) is 1. The summed E-state index contributed by atoms with van der Waals surface area (Å²) >= 11 is 0. The number of para-hydroxylation sites is 1. The molecule has 1 aromatic heterocycles. The highest BCUT2D eigenvalue weighted by molar-refractivity contribution is 5.86. The standard InChI is InChI=1S/C20H28N4O2/c1-3-26-13-7-12-24-19(25)17-10-4-5-11-18(17)21-20(24)23-22-16-9-6-8-15(2)14-16/h4-5,10-11,15H,3,6-9,12-14H2,1-2H3,(H,21,23)/b22-16-/t15-/m0/s1. The van der Waals surface area contributed by atoms with Gasteiger partial charge in [0.25, 0.3) is 5.56 Å². The molecule has 0 saturated heterocycles. The molecule has 1 aliphatic carbocycles. The lowest BCUT2D eigenvalue weighted by Gasteiger charge is -2.19. The van der Waals surface area contributed by atoms with E-state index in [2.05, 4.69) is 22.4 Å². The van der Waals surface area contributed by atoms with Crippen molar-refractivity contribution in [2.75, 3.05) is 18.6 Å². The summed E-state index contributed by atoms with van der Waals surface area (Å²) in [5, 5.41) is 5.20. The van der Waals surface area contributed by atoms with Gasteiger partial charge in [0.2, 0.25) is 5.95 Å². The first kappa shape index (κ1) is 18.6. The third-order valence-corrected chi connectivity index (χ3v) is 4.80. The van der Waals surface area contributed by atoms with E-state index in [4.69, 9.17) is 4.74 Å². The molecule has 0 bridgehead atoms. The zero-order chi connectivity index (χ0) is 18.4. The van der Waals surface area contributed by atoms with E-state index in [1.165, 1.54) is 12.8 Å². The molecule has 1 N–H and O–H groups in total. The van der Waals surface area contributed by atoms with E-state index in [1.807, 2.05) is 31.2 Å². The van der Waals surface area contributed by atoms with Gasteiger partial charge in [0.1, 0.15) is 0 Å². The van der Waals surface area contributed by atoms with Gasteiger partial charge in [0.05, 0.1) is 10.9 Å². The number of nitrogens with zero attached hydrogens (tertiary/aromatic N) is 3. The molecule has 0 radical (unpaired) electrons. The Kier molecular flexibility index (Phi) is 6.39. The monoisotopic (exact) mass is 356 g/mol. The number of benzene rings is 1. The minimum absolute atomic E-state index is 0.0354. The Morgan fingerprint density at radius 3 is 3.04 bits per heavy atom. The lowest BCUT2D eigenvalue weighted by molar-refractivity contribution is 0.141. The van der Waals surface area contributed by atoms with Gasteiger partial charge in [-0.15, -0.1) is 0 Å². The van der Waals surface area contributed by atoms with Crippen LogP contribution in [0, 0.1) is 5.92 Å². The molecule has 1 saturated carbocycles. The number of hydrazone groups is 1. The number of hydrogen-bond acceptors (Lipinski definition) is 5. The lowest BCUT2D eigenvalue weighted by Crippen LogP contribution is -2.25. The van der Waals surface area contributed by atoms with Gasteiger partial charge in [-0.2, -0.15) is 5.10 Å². The van der Waals surface area contributed by atoms with Gasteiger partial charge in [-0.3, -0.25) is 9.36 Å². The maximum Gasteiger partial charge on any atom is 0.262 e. The van der Waals surface area contributed by atoms with Gasteiger partial charge in [-0.1, -0.05) is 19.1 Å². The number of rotatable bonds is 7. The van der Waals surface area contributed by atoms with Gasteiger partial charge in [0.15, 0.2) is 0 Å². The Morgan fingerprint density at radius 2 is 2.23 bits per heavy atom. The summed E-state index contributed by atoms with van der Waals surface area (Å²) in [6.45, 7) is 6.09. The smallest absolute Gasteiger partial charge is 0.262 e. The van der Waals surface area contributed by atoms with Crippen LogP contribution < -0.4 is 11.0 Å². The van der Waals surface area contributed by atoms with Crippen LogP contribution in [0.15, 0.2) is 34.2 Å². The Balaban J connectivity index is 1.88. The first-order valence-corrected chi connectivity index (χ1v) is 9.57. The molecule has 0 aliphatic heterocycles. The van der Waals surface area contributed by atoms with E-state index in [9.17, 15) is 4.79 Å². The predicted molar refractivity (Wildman–Crippen MR) is 106 cm³/mol. The predicted octanol–water partition coefficient (Wildman–Crippen LogP) is 3.80. The molecule has 1 atom stereocenters. The van der Waals surface area contributed by atoms with Gasteiger partial charge in [-0.05, 0) is 57.1 Å². The second-order valence-corrected chi connectivity index (χ2v) is 6.95. The Bertz CT molecular complexity index is 828. The first-order valence-electron chi connectivity index (χ1n) is 9.57. The van der Waals surface area contributed by atoms with Crippen LogP contribution in [0.3, 0.4) is 0 Å². The molecule has 140 valence electrons. The topological polar surface area (TPSA) is 68.5 Å². The highest BCUT2D eigenvalue weighted by Gasteiger charge is 2.15. The molecule has 0 unspecified atom stereocenters. The van der Waals surface area contributed by atoms with Crippen LogP contribution in [0.4, 0.5) is 5.95 Å². The van der Waals surface area contributed by atoms with Gasteiger partial charge in [-0.25, -0.2) is 10.4 Å². The van der Waals surface area contributed by atoms with Crippen molar-refractivity contribution in [3.05, 3.63) is 34.6 Å². The van der Waals surface area contributed by atoms with E-state index in [-0.39, 0.29) is 5.56 Å². The average Bonchev–Trinajstić information content (AvgIpc) is 2.65. The van der Waals surface area contributed by atoms with Gasteiger partial charge >= 0.3 is 0 Å². The minimum atomic E-state index is -0.0354. The molecule has 0 spiro atoms. The Morgan fingerprint density at radius 1 is 1.38 bits per heavy atom. The first-order chi connectivity index (χ1) is 12.7. The van der Waals surface area contributed by atoms with Gasteiger partial charge < -0.3 is 4.74 Å². The number of fused-ring (bicyclic) bond motifs is 1. The SMILES string of the molecule is CCOCCCn1c(N/N=C2/CCC[C@H](C)C2)nc2ccccc2c1=O. The summed E-state index contributed by atoms with van der Waals surface area (Å²) in [6.07, 6.45) is 5.22. The van der Waals surface area contributed by atoms with E-state index >= 15 is 0 Å². The van der Waals surface area contributed by atoms with Crippen molar-refractivity contribution in [2.24, 2.45) is 11.0 Å². The molecule has 0 amide bonds. The van der Waals surface area contributed by atoms with Crippen molar-refractivity contribution < 1.29 is 4.74 Å². The van der Waals surface area contributed by atoms with Crippen molar-refractivity contribution in [2.45, 2.75) is 52.5 Å². The van der Waals surface area contributed by atoms with Crippen LogP contribution in [-0.2, 0) is 11.3 Å². The van der Waals surface area contributed by atoms with Crippen molar-refractivity contribution in [3.63, 3.8) is 0 Å². The number of aromatic nitrogens is 2. The highest BCUT2D eigenvalue weighted by atomic mass is 16.5. The fourth-order valence-corrected chi connectivity index (χ4v) is 3.42. The Labute approximate surface area is 154 Å². The van der Waals surface area contributed by atoms with E-state index in [0.29, 0.717) is 42.5 Å². The van der Waals surface area contributed by atoms with Crippen LogP contribution in [0.2, 0.25) is 0 Å². The maximum atomic E-state index is 12.9. The summed E-state index contributed by atoms with van der Waals surface area (Å²) in [7, 11) is 0. The maximum absolute atomic E-state index is 12.9. The highest BCUT2D eigenvalue weighted by Crippen LogP contribution is 2.21. The third-order valence-electron chi connectivity index (χ3n) is 4.80. The molecular weight excluding hydrogens is 328 g/mol. The van der Waals surface area contributed by atoms with Crippen LogP contribution >= 0.6 is 0 Å². The quantitative estimate of drug-likeness (QED) is 0.605. The zero-order valence-electron chi connectivity index (χ0n) is 15.7. The van der Waals surface area contributed by atoms with E-state index < -0.39 is 0 Å². The van der Waals surface area contributed by atoms with Crippen LogP contribution in [0.1, 0.15) is 46.0 Å². The zero-order valence-corrected chi connectivity index (χ0v) is 15.7. The fraction of sp³-hybridized carbons (Fsp3) is 0.550. The molecule has 2 aromatic rings. The van der Waals surface area contributed by atoms with Gasteiger partial charge in [0, 0.05) is 25.5 Å². The van der Waals surface area contributed by atoms with E-state index in [1.54, 1.807) is 4.57 Å². The molecule has 1 aliphatic rings. The van der Waals surface area contributed by atoms with Crippen molar-refractivity contribution in [1.82, 2.24) is 9.55 Å². The normalized spacial score (nSPS) is 19.2. The van der Waals surface area contributed by atoms with Crippen LogP contribution in [0.5, 0.6) is 0 Å². The molecule has 1 fully saturated rings. The fourth-order valence-electron chi connectivity index (χ4n) is 3.42. The summed E-state index contributed by atoms with van der Waals surface area (Å²) in [6, 6.07) is 7.45. The molecule has 1 aromatic carbocycles. The molecule has 6 heteroatoms. The summed E-state index contributed by atoms with van der Waals surface area (Å²) in [5.74, 6) is 1.18. The number of anilines is 1. The van der Waals surface area contributed by atoms with Crippen molar-refractivity contribution >= 4 is 22.6 Å². The second kappa shape index (κ2) is 8.94. The summed E-state index contributed by atoms with van der Waals surface area (Å²) in [5.41, 5.74) is 4.89. The summed E-state index contributed by atoms with van der Waals surface area (Å²) < 4.78 is 7.08. The van der Waals surface area contributed by atoms with E-state index in [0.717, 1.165) is 25.0 Å². The molecule has 3 rings (SSSR count). The van der Waals surface area contributed by atoms with Crippen molar-refractivity contribution in [3.8, 4) is 0 Å². The van der Waals surface area contributed by atoms with Crippen molar-refractivity contribution in [1.29, 1.82) is 0 Å². The molecule has 26 heavy (non-hydrogen) atoms. The molecular formula is C20H28N4O2. The summed E-state index contributed by atoms with van der Waals surface area (Å²) in [4.78, 5) is 17.6. The second-order valence-electron chi connectivity index (χ2n) is 6.95. The van der Waals surface area contributed by atoms with Crippen LogP contribution in [0.25, 0.3) is 10.9 Å². The third kappa shape index (κ3) is 4.49. The molecule has 6 nitrogen and oxygen atoms in total. The molecule has 1 heterocycles. The average molecular weight is 356 g/mol. The largest absolute Gasteiger partial charge is 0.382 e. The Hall–Kier alpha value is -2.21. The number of nitrogens with one attached hydrogen (secondary N) is 1. The van der Waals surface area contributed by atoms with Crippen LogP contribution in [-0.4, -0.2) is 28.5 Å². The number of hydrogen-bond donors (Lipinski definition) is 1.